The highest BCUT2D eigenvalue weighted by Crippen LogP contribution is 2.12. The van der Waals surface area contributed by atoms with Crippen LogP contribution in [0.15, 0.2) is 60.7 Å². The molecule has 0 saturated carbocycles. The Morgan fingerprint density at radius 1 is 1.05 bits per heavy atom. The Kier molecular flexibility index (Phi) is 4.31. The minimum Gasteiger partial charge on any atom is -0.383 e. The first-order valence-electron chi connectivity index (χ1n) is 6.22. The molecule has 2 aromatic rings. The molecule has 1 N–H and O–H groups in total. The minimum absolute atomic E-state index is 0.247. The van der Waals surface area contributed by atoms with E-state index in [9.17, 15) is 9.90 Å². The van der Waals surface area contributed by atoms with Gasteiger partial charge in [0.1, 0.15) is 6.10 Å². The summed E-state index contributed by atoms with van der Waals surface area (Å²) in [4.78, 5) is 13.9. The smallest absolute Gasteiger partial charge is 0.193 e. The van der Waals surface area contributed by atoms with E-state index >= 15 is 0 Å². The SMILES string of the molecule is CN(CC(O)C(=O)c1ccccc1)c1ccccc1. The van der Waals surface area contributed by atoms with Gasteiger partial charge in [-0.3, -0.25) is 4.79 Å². The Morgan fingerprint density at radius 3 is 2.16 bits per heavy atom. The first-order chi connectivity index (χ1) is 9.18. The highest BCUT2D eigenvalue weighted by atomic mass is 16.3. The maximum absolute atomic E-state index is 12.0. The molecular formula is C16H17NO2. The average molecular weight is 255 g/mol. The molecule has 0 bridgehead atoms. The van der Waals surface area contributed by atoms with Crippen molar-refractivity contribution >= 4 is 11.5 Å². The number of aliphatic hydroxyl groups excluding tert-OH is 1. The molecule has 0 saturated heterocycles. The molecule has 0 radical (unpaired) electrons. The number of carbonyl (C=O) groups excluding carboxylic acids is 1. The second-order valence-electron chi connectivity index (χ2n) is 4.46. The molecule has 98 valence electrons. The molecule has 3 heteroatoms. The predicted molar refractivity (Wildman–Crippen MR) is 76.5 cm³/mol. The lowest BCUT2D eigenvalue weighted by molar-refractivity contribution is 0.0760. The zero-order valence-electron chi connectivity index (χ0n) is 10.9. The largest absolute Gasteiger partial charge is 0.383 e. The Bertz CT molecular complexity index is 525. The lowest BCUT2D eigenvalue weighted by Gasteiger charge is -2.22. The van der Waals surface area contributed by atoms with E-state index in [1.807, 2.05) is 48.3 Å². The number of para-hydroxylation sites is 1. The number of aliphatic hydroxyl groups is 1. The lowest BCUT2D eigenvalue weighted by atomic mass is 10.1. The predicted octanol–water partition coefficient (Wildman–Crippen LogP) is 2.37. The van der Waals surface area contributed by atoms with Gasteiger partial charge in [0.2, 0.25) is 0 Å². The number of ketones is 1. The van der Waals surface area contributed by atoms with Crippen LogP contribution in [0.25, 0.3) is 0 Å². The zero-order valence-corrected chi connectivity index (χ0v) is 10.9. The summed E-state index contributed by atoms with van der Waals surface area (Å²) in [5.41, 5.74) is 1.51. The van der Waals surface area contributed by atoms with Gasteiger partial charge in [0.15, 0.2) is 5.78 Å². The van der Waals surface area contributed by atoms with Crippen LogP contribution in [-0.2, 0) is 0 Å². The van der Waals surface area contributed by atoms with Gasteiger partial charge in [0.25, 0.3) is 0 Å². The third-order valence-electron chi connectivity index (χ3n) is 3.00. The Labute approximate surface area is 113 Å². The maximum atomic E-state index is 12.0. The summed E-state index contributed by atoms with van der Waals surface area (Å²) in [6.07, 6.45) is -1.02. The maximum Gasteiger partial charge on any atom is 0.193 e. The van der Waals surface area contributed by atoms with Crippen molar-refractivity contribution in [3.63, 3.8) is 0 Å². The van der Waals surface area contributed by atoms with Crippen molar-refractivity contribution in [2.75, 3.05) is 18.5 Å². The second-order valence-corrected chi connectivity index (χ2v) is 4.46. The first-order valence-corrected chi connectivity index (χ1v) is 6.22. The van der Waals surface area contributed by atoms with E-state index in [1.165, 1.54) is 0 Å². The number of hydrogen-bond acceptors (Lipinski definition) is 3. The molecule has 0 heterocycles. The number of benzene rings is 2. The molecule has 0 spiro atoms. The van der Waals surface area contributed by atoms with E-state index in [1.54, 1.807) is 24.3 Å². The first kappa shape index (κ1) is 13.3. The normalized spacial score (nSPS) is 11.9. The molecule has 2 rings (SSSR count). The fourth-order valence-electron chi connectivity index (χ4n) is 1.93. The van der Waals surface area contributed by atoms with E-state index < -0.39 is 6.10 Å². The standard InChI is InChI=1S/C16H17NO2/c1-17(14-10-6-3-7-11-14)12-15(18)16(19)13-8-4-2-5-9-13/h2-11,15,18H,12H2,1H3. The molecular weight excluding hydrogens is 238 g/mol. The molecule has 0 aliphatic heterocycles. The summed E-state index contributed by atoms with van der Waals surface area (Å²) in [7, 11) is 1.86. The van der Waals surface area contributed by atoms with Crippen molar-refractivity contribution in [1.29, 1.82) is 0 Å². The molecule has 1 unspecified atom stereocenters. The number of rotatable bonds is 5. The van der Waals surface area contributed by atoms with Crippen LogP contribution in [0.2, 0.25) is 0 Å². The van der Waals surface area contributed by atoms with Crippen molar-refractivity contribution < 1.29 is 9.90 Å². The van der Waals surface area contributed by atoms with Gasteiger partial charge in [-0.05, 0) is 12.1 Å². The third-order valence-corrected chi connectivity index (χ3v) is 3.00. The molecule has 19 heavy (non-hydrogen) atoms. The fraction of sp³-hybridized carbons (Fsp3) is 0.188. The summed E-state index contributed by atoms with van der Waals surface area (Å²) in [5, 5.41) is 10.0. The lowest BCUT2D eigenvalue weighted by Crippen LogP contribution is -2.34. The van der Waals surface area contributed by atoms with Crippen LogP contribution in [-0.4, -0.2) is 30.6 Å². The van der Waals surface area contributed by atoms with Gasteiger partial charge < -0.3 is 10.0 Å². The summed E-state index contributed by atoms with van der Waals surface area (Å²) in [6.45, 7) is 0.276. The summed E-state index contributed by atoms with van der Waals surface area (Å²) in [5.74, 6) is -0.247. The van der Waals surface area contributed by atoms with Crippen molar-refractivity contribution in [1.82, 2.24) is 0 Å². The number of anilines is 1. The quantitative estimate of drug-likeness (QED) is 0.834. The van der Waals surface area contributed by atoms with Crippen molar-refractivity contribution in [2.45, 2.75) is 6.10 Å². The zero-order chi connectivity index (χ0) is 13.7. The number of hydrogen-bond donors (Lipinski definition) is 1. The average Bonchev–Trinajstić information content (AvgIpc) is 2.48. The minimum atomic E-state index is -1.02. The molecule has 0 aliphatic rings. The van der Waals surface area contributed by atoms with E-state index in [-0.39, 0.29) is 12.3 Å². The van der Waals surface area contributed by atoms with Gasteiger partial charge in [-0.2, -0.15) is 0 Å². The van der Waals surface area contributed by atoms with E-state index in [0.29, 0.717) is 5.56 Å². The van der Waals surface area contributed by atoms with Crippen LogP contribution >= 0.6 is 0 Å². The fourth-order valence-corrected chi connectivity index (χ4v) is 1.93. The molecule has 0 fully saturated rings. The van der Waals surface area contributed by atoms with Crippen molar-refractivity contribution in [2.24, 2.45) is 0 Å². The topological polar surface area (TPSA) is 40.5 Å². The highest BCUT2D eigenvalue weighted by Gasteiger charge is 2.18. The van der Waals surface area contributed by atoms with Crippen LogP contribution < -0.4 is 4.90 Å². The van der Waals surface area contributed by atoms with Crippen LogP contribution in [0, 0.1) is 0 Å². The number of nitrogens with zero attached hydrogens (tertiary/aromatic N) is 1. The van der Waals surface area contributed by atoms with Gasteiger partial charge in [-0.1, -0.05) is 48.5 Å². The third kappa shape index (κ3) is 3.42. The number of carbonyl (C=O) groups is 1. The van der Waals surface area contributed by atoms with Crippen LogP contribution in [0.4, 0.5) is 5.69 Å². The molecule has 2 aromatic carbocycles. The molecule has 0 amide bonds. The van der Waals surface area contributed by atoms with E-state index in [0.717, 1.165) is 5.69 Å². The van der Waals surface area contributed by atoms with Crippen LogP contribution in [0.1, 0.15) is 10.4 Å². The molecule has 0 aromatic heterocycles. The van der Waals surface area contributed by atoms with E-state index in [2.05, 4.69) is 0 Å². The summed E-state index contributed by atoms with van der Waals surface area (Å²) < 4.78 is 0. The second kappa shape index (κ2) is 6.16. The van der Waals surface area contributed by atoms with E-state index in [4.69, 9.17) is 0 Å². The van der Waals surface area contributed by atoms with Gasteiger partial charge in [-0.25, -0.2) is 0 Å². The van der Waals surface area contributed by atoms with Crippen molar-refractivity contribution in [3.8, 4) is 0 Å². The van der Waals surface area contributed by atoms with Crippen LogP contribution in [0.5, 0.6) is 0 Å². The van der Waals surface area contributed by atoms with Crippen molar-refractivity contribution in [3.05, 3.63) is 66.2 Å². The Morgan fingerprint density at radius 2 is 1.58 bits per heavy atom. The monoisotopic (exact) mass is 255 g/mol. The molecule has 3 nitrogen and oxygen atoms in total. The summed E-state index contributed by atoms with van der Waals surface area (Å²) >= 11 is 0. The molecule has 1 atom stereocenters. The van der Waals surface area contributed by atoms with Gasteiger partial charge in [-0.15, -0.1) is 0 Å². The summed E-state index contributed by atoms with van der Waals surface area (Å²) in [6, 6.07) is 18.5. The van der Waals surface area contributed by atoms with Gasteiger partial charge >= 0.3 is 0 Å². The van der Waals surface area contributed by atoms with Gasteiger partial charge in [0, 0.05) is 18.3 Å². The highest BCUT2D eigenvalue weighted by molar-refractivity contribution is 5.99. The van der Waals surface area contributed by atoms with Crippen LogP contribution in [0.3, 0.4) is 0 Å². The van der Waals surface area contributed by atoms with Gasteiger partial charge in [0.05, 0.1) is 6.54 Å². The number of Topliss-reactive ketones (excluding diaryl/α,β-unsaturated/α-hetero) is 1. The Hall–Kier alpha value is -2.13. The Balaban J connectivity index is 2.02. The molecule has 0 aliphatic carbocycles. The number of likely N-dealkylation sites (N-methyl/N-ethyl adjacent to an activating group) is 1.